The quantitative estimate of drug-likeness (QED) is 0.746. The van der Waals surface area contributed by atoms with Crippen LogP contribution in [0.25, 0.3) is 0 Å². The number of rotatable bonds is 3. The summed E-state index contributed by atoms with van der Waals surface area (Å²) >= 11 is 0. The Bertz CT molecular complexity index is 818. The lowest BCUT2D eigenvalue weighted by molar-refractivity contribution is 0.00578. The normalized spacial score (nSPS) is 22.9. The van der Waals surface area contributed by atoms with Crippen LogP contribution in [0.15, 0.2) is 24.3 Å². The molecule has 1 N–H and O–H groups in total. The van der Waals surface area contributed by atoms with Gasteiger partial charge in [-0.15, -0.1) is 0 Å². The molecule has 170 valence electrons. The van der Waals surface area contributed by atoms with Gasteiger partial charge in [0.1, 0.15) is 5.60 Å². The van der Waals surface area contributed by atoms with Crippen molar-refractivity contribution in [2.24, 2.45) is 0 Å². The minimum Gasteiger partial charge on any atom is -0.444 e. The Labute approximate surface area is 185 Å². The first kappa shape index (κ1) is 23.6. The molecule has 2 aliphatic rings. The molecular formula is C23H35BN2O5. The van der Waals surface area contributed by atoms with Crippen LogP contribution in [0, 0.1) is 0 Å². The second-order valence-corrected chi connectivity index (χ2v) is 10.5. The molecule has 2 aliphatic heterocycles. The fourth-order valence-corrected chi connectivity index (χ4v) is 3.73. The number of nitrogens with zero attached hydrogens (tertiary/aromatic N) is 1. The predicted octanol–water partition coefficient (Wildman–Crippen LogP) is 3.12. The minimum absolute atomic E-state index is 0.0611. The van der Waals surface area contributed by atoms with Gasteiger partial charge in [0.25, 0.3) is 5.91 Å². The number of likely N-dealkylation sites (tertiary alicyclic amines) is 1. The predicted molar refractivity (Wildman–Crippen MR) is 120 cm³/mol. The molecule has 3 rings (SSSR count). The molecule has 0 aliphatic carbocycles. The molecule has 2 amide bonds. The maximum Gasteiger partial charge on any atom is 0.494 e. The maximum atomic E-state index is 13.2. The monoisotopic (exact) mass is 430 g/mol. The number of nitrogens with one attached hydrogen (secondary N) is 1. The van der Waals surface area contributed by atoms with Crippen molar-refractivity contribution < 1.29 is 23.6 Å². The second-order valence-electron chi connectivity index (χ2n) is 10.5. The van der Waals surface area contributed by atoms with Gasteiger partial charge in [0.05, 0.1) is 11.2 Å². The van der Waals surface area contributed by atoms with E-state index in [1.54, 1.807) is 4.90 Å². The smallest absolute Gasteiger partial charge is 0.444 e. The van der Waals surface area contributed by atoms with Crippen LogP contribution in [0.2, 0.25) is 0 Å². The number of piperidine rings is 1. The van der Waals surface area contributed by atoms with E-state index < -0.39 is 30.0 Å². The van der Waals surface area contributed by atoms with E-state index in [0.717, 1.165) is 18.3 Å². The van der Waals surface area contributed by atoms with Gasteiger partial charge in [-0.1, -0.05) is 12.1 Å². The lowest BCUT2D eigenvalue weighted by atomic mass is 9.78. The van der Waals surface area contributed by atoms with Crippen LogP contribution in [0.4, 0.5) is 4.79 Å². The Balaban J connectivity index is 1.66. The number of amides is 2. The van der Waals surface area contributed by atoms with Gasteiger partial charge < -0.3 is 24.3 Å². The lowest BCUT2D eigenvalue weighted by Crippen LogP contribution is -2.50. The molecule has 0 bridgehead atoms. The van der Waals surface area contributed by atoms with Crippen molar-refractivity contribution >= 4 is 24.6 Å². The van der Waals surface area contributed by atoms with Crippen molar-refractivity contribution in [1.29, 1.82) is 0 Å². The van der Waals surface area contributed by atoms with Crippen LogP contribution in [-0.4, -0.2) is 60.0 Å². The molecule has 1 aromatic carbocycles. The van der Waals surface area contributed by atoms with E-state index in [4.69, 9.17) is 14.0 Å². The molecule has 1 atom stereocenters. The van der Waals surface area contributed by atoms with Gasteiger partial charge in [0.2, 0.25) is 0 Å². The van der Waals surface area contributed by atoms with Crippen LogP contribution in [0.5, 0.6) is 0 Å². The molecule has 8 heteroatoms. The molecule has 2 fully saturated rings. The highest BCUT2D eigenvalue weighted by molar-refractivity contribution is 6.62. The summed E-state index contributed by atoms with van der Waals surface area (Å²) in [5.41, 5.74) is -0.0200. The maximum absolute atomic E-state index is 13.2. The Kier molecular flexibility index (Phi) is 6.45. The first-order valence-electron chi connectivity index (χ1n) is 11.0. The molecule has 0 aromatic heterocycles. The molecule has 0 saturated carbocycles. The molecule has 2 heterocycles. The number of alkyl carbamates (subject to hydrolysis) is 1. The van der Waals surface area contributed by atoms with Gasteiger partial charge in [-0.3, -0.25) is 4.79 Å². The van der Waals surface area contributed by atoms with Gasteiger partial charge >= 0.3 is 13.2 Å². The summed E-state index contributed by atoms with van der Waals surface area (Å²) < 4.78 is 17.6. The zero-order valence-corrected chi connectivity index (χ0v) is 19.8. The van der Waals surface area contributed by atoms with E-state index in [9.17, 15) is 9.59 Å². The Hall–Kier alpha value is -2.06. The highest BCUT2D eigenvalue weighted by Crippen LogP contribution is 2.36. The Morgan fingerprint density at radius 2 is 1.81 bits per heavy atom. The zero-order chi connectivity index (χ0) is 23.0. The highest BCUT2D eigenvalue weighted by Gasteiger charge is 2.51. The van der Waals surface area contributed by atoms with Gasteiger partial charge in [-0.05, 0) is 78.9 Å². The second kappa shape index (κ2) is 8.47. The summed E-state index contributed by atoms with van der Waals surface area (Å²) in [6.45, 7) is 14.6. The SMILES string of the molecule is CC(C)(C)OC(=O)NC1CCCN(C(=O)c2cccc(B3OC(C)(C)C(C)(C)O3)c2)C1. The largest absolute Gasteiger partial charge is 0.494 e. The van der Waals surface area contributed by atoms with Crippen LogP contribution in [-0.2, 0) is 14.0 Å². The molecule has 1 unspecified atom stereocenters. The van der Waals surface area contributed by atoms with Crippen molar-refractivity contribution in [2.75, 3.05) is 13.1 Å². The highest BCUT2D eigenvalue weighted by atomic mass is 16.7. The van der Waals surface area contributed by atoms with Crippen molar-refractivity contribution in [2.45, 2.75) is 84.2 Å². The van der Waals surface area contributed by atoms with Gasteiger partial charge in [-0.2, -0.15) is 0 Å². The summed E-state index contributed by atoms with van der Waals surface area (Å²) in [5, 5.41) is 2.89. The Morgan fingerprint density at radius 1 is 1.16 bits per heavy atom. The van der Waals surface area contributed by atoms with Crippen LogP contribution in [0.3, 0.4) is 0 Å². The van der Waals surface area contributed by atoms with Crippen LogP contribution < -0.4 is 10.8 Å². The van der Waals surface area contributed by atoms with E-state index in [-0.39, 0.29) is 11.9 Å². The fourth-order valence-electron chi connectivity index (χ4n) is 3.73. The van der Waals surface area contributed by atoms with E-state index in [0.29, 0.717) is 18.7 Å². The summed E-state index contributed by atoms with van der Waals surface area (Å²) in [7, 11) is -0.513. The topological polar surface area (TPSA) is 77.1 Å². The number of benzene rings is 1. The number of carbonyl (C=O) groups excluding carboxylic acids is 2. The first-order valence-corrected chi connectivity index (χ1v) is 11.0. The average Bonchev–Trinajstić information content (AvgIpc) is 2.87. The van der Waals surface area contributed by atoms with Crippen molar-refractivity contribution in [3.8, 4) is 0 Å². The van der Waals surface area contributed by atoms with Crippen molar-refractivity contribution in [3.05, 3.63) is 29.8 Å². The van der Waals surface area contributed by atoms with Gasteiger partial charge in [-0.25, -0.2) is 4.79 Å². The fraction of sp³-hybridized carbons (Fsp3) is 0.652. The Morgan fingerprint density at radius 3 is 2.42 bits per heavy atom. The van der Waals surface area contributed by atoms with Gasteiger partial charge in [0.15, 0.2) is 0 Å². The molecule has 0 radical (unpaired) electrons. The summed E-state index contributed by atoms with van der Waals surface area (Å²) in [4.78, 5) is 27.1. The number of hydrogen-bond donors (Lipinski definition) is 1. The number of hydrogen-bond acceptors (Lipinski definition) is 5. The van der Waals surface area contributed by atoms with E-state index in [1.165, 1.54) is 0 Å². The standard InChI is InChI=1S/C23H35BN2O5/c1-21(2,3)29-20(28)25-18-12-9-13-26(15-18)19(27)16-10-8-11-17(14-16)24-30-22(4,5)23(6,7)31-24/h8,10-11,14,18H,9,12-13,15H2,1-7H3,(H,25,28). The third-order valence-corrected chi connectivity index (χ3v) is 6.09. The van der Waals surface area contributed by atoms with E-state index in [2.05, 4.69) is 5.32 Å². The van der Waals surface area contributed by atoms with Crippen LogP contribution in [0.1, 0.15) is 71.7 Å². The molecular weight excluding hydrogens is 395 g/mol. The van der Waals surface area contributed by atoms with Crippen molar-refractivity contribution in [1.82, 2.24) is 10.2 Å². The summed E-state index contributed by atoms with van der Waals surface area (Å²) in [6, 6.07) is 7.30. The summed E-state index contributed by atoms with van der Waals surface area (Å²) in [5.74, 6) is -0.0611. The average molecular weight is 430 g/mol. The van der Waals surface area contributed by atoms with Crippen molar-refractivity contribution in [3.63, 3.8) is 0 Å². The first-order chi connectivity index (χ1) is 14.3. The van der Waals surface area contributed by atoms with Gasteiger partial charge in [0, 0.05) is 24.7 Å². The number of carbonyl (C=O) groups is 2. The van der Waals surface area contributed by atoms with Crippen LogP contribution >= 0.6 is 0 Å². The molecule has 2 saturated heterocycles. The number of ether oxygens (including phenoxy) is 1. The van der Waals surface area contributed by atoms with E-state index >= 15 is 0 Å². The third kappa shape index (κ3) is 5.60. The minimum atomic E-state index is -0.553. The zero-order valence-electron chi connectivity index (χ0n) is 19.8. The summed E-state index contributed by atoms with van der Waals surface area (Å²) in [6.07, 6.45) is 1.19. The molecule has 1 aromatic rings. The lowest BCUT2D eigenvalue weighted by Gasteiger charge is -2.33. The molecule has 7 nitrogen and oxygen atoms in total. The molecule has 0 spiro atoms. The third-order valence-electron chi connectivity index (χ3n) is 6.09. The molecule has 31 heavy (non-hydrogen) atoms. The van der Waals surface area contributed by atoms with E-state index in [1.807, 2.05) is 72.7 Å².